The molecule has 3 aliphatic rings. The minimum absolute atomic E-state index is 0.0371. The molecule has 3 rings (SSSR count). The molecule has 0 aromatic carbocycles. The van der Waals surface area contributed by atoms with Crippen molar-refractivity contribution in [2.45, 2.75) is 117 Å². The third kappa shape index (κ3) is 5.24. The van der Waals surface area contributed by atoms with E-state index in [4.69, 9.17) is 21.4 Å². The molecule has 0 aliphatic heterocycles. The van der Waals surface area contributed by atoms with Crippen LogP contribution in [0.5, 0.6) is 0 Å². The molecule has 0 aromatic heterocycles. The van der Waals surface area contributed by atoms with E-state index in [9.17, 15) is 10.2 Å². The second-order valence-corrected chi connectivity index (χ2v) is 19.7. The van der Waals surface area contributed by atoms with E-state index in [1.165, 1.54) is 22.9 Å². The molecule has 4 nitrogen and oxygen atoms in total. The number of aliphatic hydroxyl groups excluding tert-OH is 2. The quantitative estimate of drug-likeness (QED) is 0.231. The van der Waals surface area contributed by atoms with Crippen LogP contribution in [-0.2, 0) is 9.16 Å². The Hall–Kier alpha value is -0.183. The Balaban J connectivity index is 2.26. The third-order valence-electron chi connectivity index (χ3n) is 9.78. The van der Waals surface area contributed by atoms with Crippen LogP contribution in [0.15, 0.2) is 23.3 Å². The molecular formula is C28H48O4S2Si. The summed E-state index contributed by atoms with van der Waals surface area (Å²) in [5.41, 5.74) is 2.83. The Morgan fingerprint density at radius 2 is 1.80 bits per heavy atom. The van der Waals surface area contributed by atoms with Crippen LogP contribution >= 0.6 is 24.0 Å². The predicted octanol–water partition coefficient (Wildman–Crippen LogP) is 6.87. The molecule has 0 radical (unpaired) electrons. The van der Waals surface area contributed by atoms with Crippen LogP contribution in [0.25, 0.3) is 0 Å². The Morgan fingerprint density at radius 3 is 2.34 bits per heavy atom. The molecule has 35 heavy (non-hydrogen) atoms. The predicted molar refractivity (Wildman–Crippen MR) is 154 cm³/mol. The van der Waals surface area contributed by atoms with Crippen molar-refractivity contribution < 1.29 is 19.4 Å². The van der Waals surface area contributed by atoms with E-state index < -0.39 is 20.5 Å². The molecule has 0 amide bonds. The van der Waals surface area contributed by atoms with Crippen molar-refractivity contribution in [2.24, 2.45) is 22.7 Å². The zero-order chi connectivity index (χ0) is 26.7. The molecule has 0 unspecified atom stereocenters. The first-order chi connectivity index (χ1) is 15.9. The highest BCUT2D eigenvalue weighted by atomic mass is 32.2. The lowest BCUT2D eigenvalue weighted by Gasteiger charge is -2.59. The van der Waals surface area contributed by atoms with Crippen LogP contribution in [0.4, 0.5) is 0 Å². The Bertz CT molecular complexity index is 890. The van der Waals surface area contributed by atoms with Gasteiger partial charge in [-0.05, 0) is 91.2 Å². The largest absolute Gasteiger partial charge is 0.474 e. The molecular weight excluding hydrogens is 493 g/mol. The molecule has 2 N–H and O–H groups in total. The number of fused-ring (bicyclic) bond motifs is 3. The molecule has 0 aromatic rings. The average molecular weight is 541 g/mol. The highest BCUT2D eigenvalue weighted by molar-refractivity contribution is 8.22. The molecule has 0 heterocycles. The van der Waals surface area contributed by atoms with Gasteiger partial charge in [0.05, 0.1) is 18.3 Å². The number of ether oxygens (including phenoxy) is 1. The molecule has 2 fully saturated rings. The van der Waals surface area contributed by atoms with Gasteiger partial charge in [0.1, 0.15) is 6.10 Å². The maximum Gasteiger partial charge on any atom is 0.219 e. The molecule has 2 bridgehead atoms. The van der Waals surface area contributed by atoms with Gasteiger partial charge in [-0.15, -0.1) is 0 Å². The number of hydrogen-bond donors (Lipinski definition) is 2. The van der Waals surface area contributed by atoms with E-state index in [-0.39, 0.29) is 39.9 Å². The van der Waals surface area contributed by atoms with E-state index >= 15 is 0 Å². The standard InChI is InChI=1S/C28H48O4S2Si/c1-16-14-19(30)23-24(31-25(33)34-9)22-17(2)18(29)12-13-28(22,8)15-20(21(16)27(23,6)7)32-35(10,11)26(3,4)5/h18-20,22-24,29-30H,2,12-15H2,1,3-11H3/t18-,19-,20-,22-,23-,24-,28-/m0/s1. The van der Waals surface area contributed by atoms with Gasteiger partial charge >= 0.3 is 0 Å². The summed E-state index contributed by atoms with van der Waals surface area (Å²) in [5.74, 6) is -0.316. The Kier molecular flexibility index (Phi) is 8.26. The molecule has 7 atom stereocenters. The SMILES string of the molecule is C=C1[C@@H](O)CC[C@@]2(C)C[C@H](O[Si](C)(C)C(C)(C)C)C3=C(C)C[C@H](O)[C@@H]([C@@H](OC(=S)SC)[C@H]12)C3(C)C. The number of hydrogen-bond acceptors (Lipinski definition) is 6. The fourth-order valence-electron chi connectivity index (χ4n) is 7.05. The number of aliphatic hydroxyl groups is 2. The van der Waals surface area contributed by atoms with E-state index in [0.717, 1.165) is 18.4 Å². The van der Waals surface area contributed by atoms with Gasteiger partial charge in [-0.1, -0.05) is 65.5 Å². The first-order valence-electron chi connectivity index (χ1n) is 13.0. The van der Waals surface area contributed by atoms with Crippen molar-refractivity contribution in [3.8, 4) is 0 Å². The number of thiocarbonyl (C=S) groups is 1. The first kappa shape index (κ1) is 29.4. The molecule has 7 heteroatoms. The monoisotopic (exact) mass is 540 g/mol. The Morgan fingerprint density at radius 1 is 1.20 bits per heavy atom. The van der Waals surface area contributed by atoms with Crippen LogP contribution in [0, 0.1) is 22.7 Å². The summed E-state index contributed by atoms with van der Waals surface area (Å²) in [5, 5.41) is 22.6. The van der Waals surface area contributed by atoms with E-state index in [1.54, 1.807) is 0 Å². The van der Waals surface area contributed by atoms with Crippen molar-refractivity contribution in [3.63, 3.8) is 0 Å². The van der Waals surface area contributed by atoms with Crippen molar-refractivity contribution in [2.75, 3.05) is 6.26 Å². The highest BCUT2D eigenvalue weighted by Gasteiger charge is 2.60. The maximum atomic E-state index is 11.6. The van der Waals surface area contributed by atoms with Crippen molar-refractivity contribution in [1.82, 2.24) is 0 Å². The second-order valence-electron chi connectivity index (χ2n) is 13.6. The van der Waals surface area contributed by atoms with Crippen LogP contribution in [0.3, 0.4) is 0 Å². The van der Waals surface area contributed by atoms with Crippen molar-refractivity contribution in [1.29, 1.82) is 0 Å². The summed E-state index contributed by atoms with van der Waals surface area (Å²) in [4.78, 5) is 0. The Labute approximate surface area is 224 Å². The first-order valence-corrected chi connectivity index (χ1v) is 17.6. The van der Waals surface area contributed by atoms with E-state index in [0.29, 0.717) is 17.2 Å². The van der Waals surface area contributed by atoms with Gasteiger partial charge in [-0.3, -0.25) is 0 Å². The zero-order valence-corrected chi connectivity index (χ0v) is 26.2. The van der Waals surface area contributed by atoms with E-state index in [1.807, 2.05) is 6.26 Å². The van der Waals surface area contributed by atoms with Crippen LogP contribution in [-0.4, -0.2) is 53.6 Å². The minimum atomic E-state index is -2.09. The normalized spacial score (nSPS) is 37.9. The lowest BCUT2D eigenvalue weighted by atomic mass is 9.50. The molecule has 200 valence electrons. The fourth-order valence-corrected chi connectivity index (χ4v) is 8.63. The van der Waals surface area contributed by atoms with Gasteiger partial charge in [0, 0.05) is 11.8 Å². The summed E-state index contributed by atoms with van der Waals surface area (Å²) in [6.07, 6.45) is 3.40. The minimum Gasteiger partial charge on any atom is -0.474 e. The summed E-state index contributed by atoms with van der Waals surface area (Å²) in [6, 6.07) is 0. The van der Waals surface area contributed by atoms with E-state index in [2.05, 4.69) is 68.1 Å². The zero-order valence-electron chi connectivity index (χ0n) is 23.5. The lowest BCUT2D eigenvalue weighted by molar-refractivity contribution is -0.114. The smallest absolute Gasteiger partial charge is 0.219 e. The highest BCUT2D eigenvalue weighted by Crippen LogP contribution is 2.60. The molecule has 0 saturated heterocycles. The molecule has 2 saturated carbocycles. The van der Waals surface area contributed by atoms with Gasteiger partial charge in [-0.2, -0.15) is 0 Å². The van der Waals surface area contributed by atoms with Gasteiger partial charge in [0.25, 0.3) is 0 Å². The van der Waals surface area contributed by atoms with Crippen LogP contribution in [0.2, 0.25) is 18.1 Å². The number of rotatable bonds is 3. The number of thioether (sulfide) groups is 1. The van der Waals surface area contributed by atoms with Crippen molar-refractivity contribution in [3.05, 3.63) is 23.3 Å². The summed E-state index contributed by atoms with van der Waals surface area (Å²) < 4.78 is 14.3. The summed E-state index contributed by atoms with van der Waals surface area (Å²) in [7, 11) is -2.09. The van der Waals surface area contributed by atoms with Gasteiger partial charge in [-0.25, -0.2) is 0 Å². The summed E-state index contributed by atoms with van der Waals surface area (Å²) in [6.45, 7) is 24.9. The fraction of sp³-hybridized carbons (Fsp3) is 0.821. The summed E-state index contributed by atoms with van der Waals surface area (Å²) >= 11 is 6.99. The lowest BCUT2D eigenvalue weighted by Crippen LogP contribution is -2.60. The molecule has 3 aliphatic carbocycles. The van der Waals surface area contributed by atoms with Gasteiger partial charge in [0.15, 0.2) is 8.32 Å². The van der Waals surface area contributed by atoms with Crippen molar-refractivity contribution >= 4 is 36.7 Å². The third-order valence-corrected chi connectivity index (χ3v) is 15.3. The van der Waals surface area contributed by atoms with Crippen LogP contribution < -0.4 is 0 Å². The van der Waals surface area contributed by atoms with Crippen LogP contribution in [0.1, 0.15) is 74.1 Å². The molecule has 0 spiro atoms. The van der Waals surface area contributed by atoms with Gasteiger partial charge in [0.2, 0.25) is 4.38 Å². The topological polar surface area (TPSA) is 58.9 Å². The average Bonchev–Trinajstić information content (AvgIpc) is 2.68. The van der Waals surface area contributed by atoms with Gasteiger partial charge < -0.3 is 19.4 Å². The maximum absolute atomic E-state index is 11.6. The second kappa shape index (κ2) is 9.85.